The molecule has 3 nitrogen and oxygen atoms in total. The Balaban J connectivity index is 1.48. The van der Waals surface area contributed by atoms with Crippen molar-refractivity contribution in [3.63, 3.8) is 0 Å². The first-order valence-electron chi connectivity index (χ1n) is 9.02. The van der Waals surface area contributed by atoms with Crippen molar-refractivity contribution < 1.29 is 13.2 Å². The molecule has 0 atom stereocenters. The number of alkyl halides is 3. The Bertz CT molecular complexity index is 806. The molecule has 1 heterocycles. The van der Waals surface area contributed by atoms with Crippen LogP contribution in [0.15, 0.2) is 48.5 Å². The van der Waals surface area contributed by atoms with Crippen LogP contribution in [-0.4, -0.2) is 29.1 Å². The summed E-state index contributed by atoms with van der Waals surface area (Å²) in [6.07, 6.45) is -2.67. The van der Waals surface area contributed by atoms with E-state index in [1.165, 1.54) is 17.7 Å². The summed E-state index contributed by atoms with van der Waals surface area (Å²) in [5.74, 6) is 0. The number of rotatable bonds is 4. The first-order valence-corrected chi connectivity index (χ1v) is 9.80. The first kappa shape index (κ1) is 20.9. The number of halogens is 4. The van der Waals surface area contributed by atoms with Crippen molar-refractivity contribution >= 4 is 34.6 Å². The van der Waals surface area contributed by atoms with Crippen LogP contribution in [0.25, 0.3) is 0 Å². The Morgan fingerprint density at radius 1 is 1.11 bits per heavy atom. The van der Waals surface area contributed by atoms with E-state index in [4.69, 9.17) is 23.8 Å². The summed E-state index contributed by atoms with van der Waals surface area (Å²) in [4.78, 5) is 2.39. The fourth-order valence-electron chi connectivity index (χ4n) is 3.25. The molecular weight excluding hydrogens is 407 g/mol. The number of nitrogens with one attached hydrogen (secondary N) is 2. The molecule has 2 N–H and O–H groups in total. The lowest BCUT2D eigenvalue weighted by atomic mass is 10.0. The van der Waals surface area contributed by atoms with E-state index in [-0.39, 0.29) is 16.8 Å². The number of likely N-dealkylation sites (tertiary alicyclic amines) is 1. The van der Waals surface area contributed by atoms with Gasteiger partial charge in [0, 0.05) is 31.4 Å². The Labute approximate surface area is 172 Å². The minimum absolute atomic E-state index is 0.196. The smallest absolute Gasteiger partial charge is 0.360 e. The maximum Gasteiger partial charge on any atom is 0.417 e. The van der Waals surface area contributed by atoms with Gasteiger partial charge >= 0.3 is 6.18 Å². The van der Waals surface area contributed by atoms with Gasteiger partial charge in [-0.1, -0.05) is 41.9 Å². The predicted octanol–water partition coefficient (Wildman–Crippen LogP) is 5.31. The first-order chi connectivity index (χ1) is 13.3. The van der Waals surface area contributed by atoms with Gasteiger partial charge in [0.15, 0.2) is 5.11 Å². The zero-order valence-electron chi connectivity index (χ0n) is 15.1. The van der Waals surface area contributed by atoms with Crippen molar-refractivity contribution in [2.24, 2.45) is 0 Å². The van der Waals surface area contributed by atoms with E-state index < -0.39 is 11.7 Å². The minimum atomic E-state index is -4.50. The lowest BCUT2D eigenvalue weighted by Gasteiger charge is -2.33. The second-order valence-electron chi connectivity index (χ2n) is 6.83. The Morgan fingerprint density at radius 3 is 2.43 bits per heavy atom. The van der Waals surface area contributed by atoms with E-state index in [0.29, 0.717) is 5.11 Å². The summed E-state index contributed by atoms with van der Waals surface area (Å²) in [5, 5.41) is 6.02. The number of benzene rings is 2. The molecule has 0 spiro atoms. The molecule has 0 aliphatic carbocycles. The summed E-state index contributed by atoms with van der Waals surface area (Å²) in [7, 11) is 0. The van der Waals surface area contributed by atoms with Crippen molar-refractivity contribution in [2.75, 3.05) is 18.4 Å². The van der Waals surface area contributed by atoms with Gasteiger partial charge in [-0.2, -0.15) is 13.2 Å². The SMILES string of the molecule is FC(F)(F)c1cc(NC(=S)NC2CCN(Cc3ccccc3)CC2)ccc1Cl. The molecule has 0 radical (unpaired) electrons. The van der Waals surface area contributed by atoms with Crippen LogP contribution in [0.4, 0.5) is 18.9 Å². The highest BCUT2D eigenvalue weighted by Gasteiger charge is 2.33. The van der Waals surface area contributed by atoms with Gasteiger partial charge in [0.25, 0.3) is 0 Å². The average molecular weight is 428 g/mol. The molecule has 150 valence electrons. The zero-order chi connectivity index (χ0) is 20.1. The lowest BCUT2D eigenvalue weighted by Crippen LogP contribution is -2.45. The molecule has 28 heavy (non-hydrogen) atoms. The third-order valence-electron chi connectivity index (χ3n) is 4.70. The Kier molecular flexibility index (Phi) is 6.80. The molecule has 1 fully saturated rings. The van der Waals surface area contributed by atoms with E-state index in [1.807, 2.05) is 18.2 Å². The van der Waals surface area contributed by atoms with Crippen LogP contribution >= 0.6 is 23.8 Å². The fourth-order valence-corrected chi connectivity index (χ4v) is 3.76. The third kappa shape index (κ3) is 5.83. The topological polar surface area (TPSA) is 27.3 Å². The number of piperidine rings is 1. The molecule has 0 aromatic heterocycles. The van der Waals surface area contributed by atoms with E-state index in [0.717, 1.165) is 38.5 Å². The molecule has 1 aliphatic rings. The van der Waals surface area contributed by atoms with Crippen molar-refractivity contribution in [2.45, 2.75) is 31.6 Å². The summed E-state index contributed by atoms with van der Waals surface area (Å²) >= 11 is 10.9. The Morgan fingerprint density at radius 2 is 1.79 bits per heavy atom. The van der Waals surface area contributed by atoms with Gasteiger partial charge in [0.05, 0.1) is 10.6 Å². The monoisotopic (exact) mass is 427 g/mol. The number of nitrogens with zero attached hydrogens (tertiary/aromatic N) is 1. The van der Waals surface area contributed by atoms with Crippen LogP contribution in [-0.2, 0) is 12.7 Å². The van der Waals surface area contributed by atoms with Gasteiger partial charge < -0.3 is 10.6 Å². The van der Waals surface area contributed by atoms with Crippen molar-refractivity contribution in [3.8, 4) is 0 Å². The number of hydrogen-bond donors (Lipinski definition) is 2. The minimum Gasteiger partial charge on any atom is -0.360 e. The summed E-state index contributed by atoms with van der Waals surface area (Å²) < 4.78 is 38.9. The molecule has 1 aliphatic heterocycles. The molecule has 0 amide bonds. The number of hydrogen-bond acceptors (Lipinski definition) is 2. The molecule has 0 unspecified atom stereocenters. The molecule has 1 saturated heterocycles. The highest BCUT2D eigenvalue weighted by Crippen LogP contribution is 2.36. The maximum atomic E-state index is 13.0. The normalized spacial score (nSPS) is 16.0. The second-order valence-corrected chi connectivity index (χ2v) is 7.64. The predicted molar refractivity (Wildman–Crippen MR) is 111 cm³/mol. The molecule has 0 saturated carbocycles. The highest BCUT2D eigenvalue weighted by molar-refractivity contribution is 7.80. The zero-order valence-corrected chi connectivity index (χ0v) is 16.7. The highest BCUT2D eigenvalue weighted by atomic mass is 35.5. The molecule has 0 bridgehead atoms. The number of anilines is 1. The van der Waals surface area contributed by atoms with Crippen molar-refractivity contribution in [1.29, 1.82) is 0 Å². The summed E-state index contributed by atoms with van der Waals surface area (Å²) in [5.41, 5.74) is 0.668. The van der Waals surface area contributed by atoms with Crippen LogP contribution in [0.2, 0.25) is 5.02 Å². The van der Waals surface area contributed by atoms with Crippen LogP contribution in [0, 0.1) is 0 Å². The van der Waals surface area contributed by atoms with E-state index in [9.17, 15) is 13.2 Å². The Hall–Kier alpha value is -1.83. The maximum absolute atomic E-state index is 13.0. The van der Waals surface area contributed by atoms with Crippen molar-refractivity contribution in [1.82, 2.24) is 10.2 Å². The fraction of sp³-hybridized carbons (Fsp3) is 0.350. The quantitative estimate of drug-likeness (QED) is 0.646. The van der Waals surface area contributed by atoms with Gasteiger partial charge in [0.1, 0.15) is 0 Å². The van der Waals surface area contributed by atoms with E-state index in [2.05, 4.69) is 27.7 Å². The van der Waals surface area contributed by atoms with Crippen molar-refractivity contribution in [3.05, 3.63) is 64.7 Å². The van der Waals surface area contributed by atoms with Crippen LogP contribution < -0.4 is 10.6 Å². The van der Waals surface area contributed by atoms with Crippen LogP contribution in [0.1, 0.15) is 24.0 Å². The molecule has 3 rings (SSSR count). The van der Waals surface area contributed by atoms with E-state index in [1.54, 1.807) is 0 Å². The van der Waals surface area contributed by atoms with Gasteiger partial charge in [0.2, 0.25) is 0 Å². The third-order valence-corrected chi connectivity index (χ3v) is 5.25. The van der Waals surface area contributed by atoms with Gasteiger partial charge in [-0.25, -0.2) is 0 Å². The van der Waals surface area contributed by atoms with Gasteiger partial charge in [-0.05, 0) is 48.8 Å². The van der Waals surface area contributed by atoms with Crippen LogP contribution in [0.5, 0.6) is 0 Å². The van der Waals surface area contributed by atoms with Crippen LogP contribution in [0.3, 0.4) is 0 Å². The molecule has 8 heteroatoms. The summed E-state index contributed by atoms with van der Waals surface area (Å²) in [6.45, 7) is 2.80. The standard InChI is InChI=1S/C20H21ClF3N3S/c21-18-7-6-16(12-17(18)20(22,23)24)26-19(28)25-15-8-10-27(11-9-15)13-14-4-2-1-3-5-14/h1-7,12,15H,8-11,13H2,(H2,25,26,28). The number of thiocarbonyl (C=S) groups is 1. The summed E-state index contributed by atoms with van der Waals surface area (Å²) in [6, 6.07) is 14.2. The van der Waals surface area contributed by atoms with Gasteiger partial charge in [-0.15, -0.1) is 0 Å². The molecular formula is C20H21ClF3N3S. The average Bonchev–Trinajstić information content (AvgIpc) is 2.65. The largest absolute Gasteiger partial charge is 0.417 e. The second kappa shape index (κ2) is 9.11. The molecule has 2 aromatic rings. The van der Waals surface area contributed by atoms with E-state index >= 15 is 0 Å². The van der Waals surface area contributed by atoms with Gasteiger partial charge in [-0.3, -0.25) is 4.90 Å². The molecule has 2 aromatic carbocycles. The lowest BCUT2D eigenvalue weighted by molar-refractivity contribution is -0.137.